The number of fused-ring (bicyclic) bond motifs is 1. The number of aryl methyl sites for hydroxylation is 1. The van der Waals surface area contributed by atoms with Crippen molar-refractivity contribution in [2.45, 2.75) is 39.2 Å². The topological polar surface area (TPSA) is 86.9 Å². The Kier molecular flexibility index (Phi) is 8.83. The van der Waals surface area contributed by atoms with Gasteiger partial charge in [-0.05, 0) is 49.6 Å². The number of aromatic nitrogens is 3. The van der Waals surface area contributed by atoms with Crippen LogP contribution in [0.4, 0.5) is 5.69 Å². The van der Waals surface area contributed by atoms with E-state index in [-0.39, 0.29) is 29.9 Å². The predicted octanol–water partition coefficient (Wildman–Crippen LogP) is 3.16. The van der Waals surface area contributed by atoms with E-state index >= 15 is 0 Å². The van der Waals surface area contributed by atoms with Crippen LogP contribution in [0.5, 0.6) is 0 Å². The lowest BCUT2D eigenvalue weighted by Crippen LogP contribution is -2.37. The smallest absolute Gasteiger partial charge is 0.227 e. The Morgan fingerprint density at radius 3 is 2.72 bits per heavy atom. The van der Waals surface area contributed by atoms with E-state index < -0.39 is 0 Å². The lowest BCUT2D eigenvalue weighted by Gasteiger charge is -2.16. The molecule has 0 aliphatic carbocycles. The number of pyridine rings is 1. The maximum absolute atomic E-state index is 11.9. The van der Waals surface area contributed by atoms with E-state index in [2.05, 4.69) is 27.8 Å². The quantitative estimate of drug-likeness (QED) is 0.196. The van der Waals surface area contributed by atoms with E-state index in [9.17, 15) is 4.79 Å². The molecule has 0 bridgehead atoms. The van der Waals surface area contributed by atoms with Gasteiger partial charge in [0.2, 0.25) is 5.91 Å². The van der Waals surface area contributed by atoms with Gasteiger partial charge < -0.3 is 15.5 Å². The standard InChI is InChI=1S/C23H29N7O.HI/c1-2-24-23(25-14-5-8-21-28-27-20-7-3-4-15-30(20)21)26-17-18-10-12-19(13-11-18)29-16-6-9-22(29)31;/h3-4,7,10-13,15H,2,5-6,8-9,14,16-17H2,1H3,(H2,24,25,26);1H. The van der Waals surface area contributed by atoms with E-state index in [1.54, 1.807) is 0 Å². The molecule has 3 heterocycles. The first-order chi connectivity index (χ1) is 15.2. The fourth-order valence-corrected chi connectivity index (χ4v) is 3.73. The van der Waals surface area contributed by atoms with Gasteiger partial charge in [-0.25, -0.2) is 4.99 Å². The number of carbonyl (C=O) groups is 1. The van der Waals surface area contributed by atoms with E-state index in [1.807, 2.05) is 58.0 Å². The first kappa shape index (κ1) is 24.0. The Bertz CT molecular complexity index is 1050. The van der Waals surface area contributed by atoms with Crippen LogP contribution in [-0.4, -0.2) is 46.1 Å². The molecule has 32 heavy (non-hydrogen) atoms. The molecule has 0 spiro atoms. The summed E-state index contributed by atoms with van der Waals surface area (Å²) < 4.78 is 2.03. The molecule has 2 aromatic heterocycles. The van der Waals surface area contributed by atoms with Crippen molar-refractivity contribution in [3.8, 4) is 0 Å². The summed E-state index contributed by atoms with van der Waals surface area (Å²) in [6.45, 7) is 5.05. The van der Waals surface area contributed by atoms with Crippen molar-refractivity contribution in [2.75, 3.05) is 24.5 Å². The number of hydrogen-bond acceptors (Lipinski definition) is 4. The molecule has 0 radical (unpaired) electrons. The van der Waals surface area contributed by atoms with Gasteiger partial charge in [0.25, 0.3) is 0 Å². The zero-order valence-electron chi connectivity index (χ0n) is 18.3. The zero-order chi connectivity index (χ0) is 21.5. The monoisotopic (exact) mass is 547 g/mol. The van der Waals surface area contributed by atoms with Gasteiger partial charge in [0, 0.05) is 44.4 Å². The fourth-order valence-electron chi connectivity index (χ4n) is 3.73. The van der Waals surface area contributed by atoms with Gasteiger partial charge in [0.1, 0.15) is 5.82 Å². The molecule has 0 atom stereocenters. The molecule has 8 nitrogen and oxygen atoms in total. The molecule has 9 heteroatoms. The first-order valence-corrected chi connectivity index (χ1v) is 10.9. The molecule has 1 aromatic carbocycles. The van der Waals surface area contributed by atoms with Gasteiger partial charge in [-0.15, -0.1) is 34.2 Å². The molecule has 1 aliphatic heterocycles. The second kappa shape index (κ2) is 11.8. The molecule has 170 valence electrons. The molecule has 1 aliphatic rings. The van der Waals surface area contributed by atoms with Crippen molar-refractivity contribution in [3.63, 3.8) is 0 Å². The van der Waals surface area contributed by atoms with Crippen molar-refractivity contribution in [1.29, 1.82) is 0 Å². The summed E-state index contributed by atoms with van der Waals surface area (Å²) in [5.41, 5.74) is 2.96. The molecule has 1 fully saturated rings. The number of nitrogens with zero attached hydrogens (tertiary/aromatic N) is 5. The van der Waals surface area contributed by atoms with E-state index in [0.29, 0.717) is 13.0 Å². The average molecular weight is 547 g/mol. The van der Waals surface area contributed by atoms with Gasteiger partial charge in [0.05, 0.1) is 6.54 Å². The third-order valence-electron chi connectivity index (χ3n) is 5.34. The number of guanidine groups is 1. The van der Waals surface area contributed by atoms with E-state index in [0.717, 1.165) is 67.6 Å². The minimum absolute atomic E-state index is 0. The second-order valence-corrected chi connectivity index (χ2v) is 7.59. The molecule has 1 saturated heterocycles. The molecule has 0 saturated carbocycles. The third-order valence-corrected chi connectivity index (χ3v) is 5.34. The van der Waals surface area contributed by atoms with Crippen LogP contribution in [-0.2, 0) is 17.8 Å². The van der Waals surface area contributed by atoms with Crippen LogP contribution in [0, 0.1) is 0 Å². The Morgan fingerprint density at radius 1 is 1.12 bits per heavy atom. The summed E-state index contributed by atoms with van der Waals surface area (Å²) in [5.74, 6) is 1.98. The number of benzene rings is 1. The summed E-state index contributed by atoms with van der Waals surface area (Å²) in [6, 6.07) is 14.0. The largest absolute Gasteiger partial charge is 0.357 e. The number of hydrogen-bond donors (Lipinski definition) is 2. The Labute approximate surface area is 205 Å². The van der Waals surface area contributed by atoms with Crippen LogP contribution >= 0.6 is 24.0 Å². The van der Waals surface area contributed by atoms with Crippen LogP contribution in [0.25, 0.3) is 5.65 Å². The van der Waals surface area contributed by atoms with Crippen LogP contribution in [0.2, 0.25) is 0 Å². The minimum Gasteiger partial charge on any atom is -0.357 e. The van der Waals surface area contributed by atoms with Crippen molar-refractivity contribution < 1.29 is 4.79 Å². The summed E-state index contributed by atoms with van der Waals surface area (Å²) in [7, 11) is 0. The number of nitrogens with one attached hydrogen (secondary N) is 2. The summed E-state index contributed by atoms with van der Waals surface area (Å²) in [5, 5.41) is 15.2. The van der Waals surface area contributed by atoms with Gasteiger partial charge >= 0.3 is 0 Å². The summed E-state index contributed by atoms with van der Waals surface area (Å²) >= 11 is 0. The van der Waals surface area contributed by atoms with Gasteiger partial charge in [-0.2, -0.15) is 0 Å². The molecular weight excluding hydrogens is 517 g/mol. The molecular formula is C23H30IN7O. The van der Waals surface area contributed by atoms with Gasteiger partial charge in [-0.1, -0.05) is 18.2 Å². The lowest BCUT2D eigenvalue weighted by atomic mass is 10.2. The normalized spacial score (nSPS) is 14.0. The highest BCUT2D eigenvalue weighted by Crippen LogP contribution is 2.21. The molecule has 0 unspecified atom stereocenters. The SMILES string of the molecule is CCNC(=NCc1ccc(N2CCCC2=O)cc1)NCCCc1nnc2ccccn12.I. The lowest BCUT2D eigenvalue weighted by molar-refractivity contribution is -0.117. The van der Waals surface area contributed by atoms with Crippen LogP contribution in [0.3, 0.4) is 0 Å². The summed E-state index contributed by atoms with van der Waals surface area (Å²) in [6.07, 6.45) is 5.36. The molecule has 2 N–H and O–H groups in total. The number of aliphatic imine (C=N–C) groups is 1. The molecule has 3 aromatic rings. The Morgan fingerprint density at radius 2 is 1.97 bits per heavy atom. The van der Waals surface area contributed by atoms with E-state index in [1.165, 1.54) is 0 Å². The number of halogens is 1. The molecule has 4 rings (SSSR count). The van der Waals surface area contributed by atoms with Crippen molar-refractivity contribution in [3.05, 3.63) is 60.0 Å². The number of carbonyl (C=O) groups excluding carboxylic acids is 1. The third kappa shape index (κ3) is 5.96. The highest BCUT2D eigenvalue weighted by atomic mass is 127. The second-order valence-electron chi connectivity index (χ2n) is 7.59. The minimum atomic E-state index is 0. The Hall–Kier alpha value is -2.69. The van der Waals surface area contributed by atoms with Crippen LogP contribution in [0.1, 0.15) is 37.6 Å². The Balaban J connectivity index is 0.00000289. The van der Waals surface area contributed by atoms with Gasteiger partial charge in [-0.3, -0.25) is 9.20 Å². The highest BCUT2D eigenvalue weighted by Gasteiger charge is 2.21. The van der Waals surface area contributed by atoms with Gasteiger partial charge in [0.15, 0.2) is 11.6 Å². The van der Waals surface area contributed by atoms with E-state index in [4.69, 9.17) is 4.99 Å². The zero-order valence-corrected chi connectivity index (χ0v) is 20.7. The fraction of sp³-hybridized carbons (Fsp3) is 0.391. The van der Waals surface area contributed by atoms with Crippen LogP contribution < -0.4 is 15.5 Å². The molecule has 1 amide bonds. The number of rotatable bonds is 8. The predicted molar refractivity (Wildman–Crippen MR) is 138 cm³/mol. The van der Waals surface area contributed by atoms with Crippen molar-refractivity contribution >= 4 is 47.2 Å². The van der Waals surface area contributed by atoms with Crippen molar-refractivity contribution in [1.82, 2.24) is 25.2 Å². The van der Waals surface area contributed by atoms with Crippen LogP contribution in [0.15, 0.2) is 53.7 Å². The van der Waals surface area contributed by atoms with Crippen molar-refractivity contribution in [2.24, 2.45) is 4.99 Å². The number of anilines is 1. The summed E-state index contributed by atoms with van der Waals surface area (Å²) in [4.78, 5) is 18.4. The first-order valence-electron chi connectivity index (χ1n) is 10.9. The maximum atomic E-state index is 11.9. The maximum Gasteiger partial charge on any atom is 0.227 e. The number of amides is 1. The highest BCUT2D eigenvalue weighted by molar-refractivity contribution is 14.0. The average Bonchev–Trinajstić information content (AvgIpc) is 3.41.